The number of fused-ring (bicyclic) bond motifs is 3. The summed E-state index contributed by atoms with van der Waals surface area (Å²) in [5, 5.41) is 23.1. The predicted octanol–water partition coefficient (Wildman–Crippen LogP) is 5.02. The van der Waals surface area contributed by atoms with Gasteiger partial charge in [0.15, 0.2) is 0 Å². The molecule has 1 saturated heterocycles. The number of benzene rings is 2. The fourth-order valence-electron chi connectivity index (χ4n) is 6.36. The lowest BCUT2D eigenvalue weighted by atomic mass is 9.89. The molecule has 1 fully saturated rings. The Morgan fingerprint density at radius 1 is 1.12 bits per heavy atom. The van der Waals surface area contributed by atoms with Crippen LogP contribution in [0.2, 0.25) is 0 Å². The van der Waals surface area contributed by atoms with Gasteiger partial charge in [-0.3, -0.25) is 4.79 Å². The number of methoxy groups -OCH3 is 1. The smallest absolute Gasteiger partial charge is 0.391 e. The Hall–Kier alpha value is -4.26. The summed E-state index contributed by atoms with van der Waals surface area (Å²) in [6.45, 7) is 2.13. The van der Waals surface area contributed by atoms with Gasteiger partial charge in [0.05, 0.1) is 43.5 Å². The van der Waals surface area contributed by atoms with Crippen molar-refractivity contribution in [3.05, 3.63) is 59.5 Å². The molecule has 2 aromatic carbocycles. The van der Waals surface area contributed by atoms with Crippen LogP contribution in [0.15, 0.2) is 42.5 Å². The molecular weight excluding hydrogens is 568 g/mol. The molecular formula is C30H30F4N6O3. The number of rotatable bonds is 6. The molecule has 0 bridgehead atoms. The highest BCUT2D eigenvalue weighted by atomic mass is 19.4. The fraction of sp³-hybridized carbons (Fsp3) is 0.400. The molecule has 0 aliphatic carbocycles. The van der Waals surface area contributed by atoms with Gasteiger partial charge in [0.1, 0.15) is 17.3 Å². The van der Waals surface area contributed by atoms with Gasteiger partial charge < -0.3 is 19.3 Å². The van der Waals surface area contributed by atoms with Crippen LogP contribution in [-0.2, 0) is 20.0 Å². The molecule has 1 N–H and O–H groups in total. The molecule has 1 amide bonds. The van der Waals surface area contributed by atoms with Crippen molar-refractivity contribution in [1.29, 1.82) is 0 Å². The second-order valence-electron chi connectivity index (χ2n) is 11.3. The number of carbonyl (C=O) groups excluding carboxylic acids is 1. The topological polar surface area (TPSA) is 98.3 Å². The number of hydrogen-bond donors (Lipinski definition) is 1. The monoisotopic (exact) mass is 598 g/mol. The van der Waals surface area contributed by atoms with Crippen LogP contribution in [0.5, 0.6) is 5.75 Å². The van der Waals surface area contributed by atoms with Crippen molar-refractivity contribution in [2.45, 2.75) is 57.0 Å². The van der Waals surface area contributed by atoms with Crippen LogP contribution in [-0.4, -0.2) is 72.2 Å². The summed E-state index contributed by atoms with van der Waals surface area (Å²) in [5.41, 5.74) is 3.22. The first-order valence-corrected chi connectivity index (χ1v) is 13.9. The van der Waals surface area contributed by atoms with Gasteiger partial charge >= 0.3 is 6.18 Å². The molecule has 2 aromatic heterocycles. The molecule has 2 atom stereocenters. The number of aliphatic hydroxyl groups is 1. The SMILES string of the molecule is COc1cc2c(cc1-c1nnn(C)n1)-c1c(-c3ccc(F)cc3)cc(C(=O)N3CCC[C@@]3(C)[C@@H](O)CC(F)(F)F)n1CC2. The minimum absolute atomic E-state index is 0.215. The number of ether oxygens (including phenoxy) is 1. The molecule has 6 rings (SSSR count). The van der Waals surface area contributed by atoms with Gasteiger partial charge in [-0.25, -0.2) is 4.39 Å². The Bertz CT molecular complexity index is 1700. The lowest BCUT2D eigenvalue weighted by molar-refractivity contribution is -0.166. The number of aryl methyl sites for hydroxylation is 2. The van der Waals surface area contributed by atoms with E-state index in [1.54, 1.807) is 32.4 Å². The third-order valence-corrected chi connectivity index (χ3v) is 8.57. The van der Waals surface area contributed by atoms with Crippen LogP contribution < -0.4 is 4.74 Å². The maximum Gasteiger partial charge on any atom is 0.391 e. The van der Waals surface area contributed by atoms with E-state index in [0.29, 0.717) is 53.3 Å². The van der Waals surface area contributed by atoms with Crippen molar-refractivity contribution >= 4 is 5.91 Å². The number of tetrazole rings is 1. The number of likely N-dealkylation sites (tertiary alicyclic amines) is 1. The molecule has 2 aliphatic heterocycles. The number of aliphatic hydroxyl groups excluding tert-OH is 1. The number of alkyl halides is 3. The summed E-state index contributed by atoms with van der Waals surface area (Å²) in [6, 6.07) is 11.4. The Balaban J connectivity index is 1.51. The normalized spacial score (nSPS) is 18.8. The van der Waals surface area contributed by atoms with E-state index in [-0.39, 0.29) is 18.7 Å². The van der Waals surface area contributed by atoms with E-state index >= 15 is 0 Å². The number of hydrogen-bond acceptors (Lipinski definition) is 6. The van der Waals surface area contributed by atoms with Crippen molar-refractivity contribution in [3.8, 4) is 39.5 Å². The van der Waals surface area contributed by atoms with Crippen LogP contribution in [0.1, 0.15) is 42.2 Å². The zero-order valence-electron chi connectivity index (χ0n) is 23.8. The number of nitrogens with zero attached hydrogens (tertiary/aromatic N) is 6. The lowest BCUT2D eigenvalue weighted by Crippen LogP contribution is -2.54. The molecule has 9 nitrogen and oxygen atoms in total. The zero-order chi connectivity index (χ0) is 30.7. The molecule has 2 aliphatic rings. The van der Waals surface area contributed by atoms with Crippen molar-refractivity contribution < 1.29 is 32.2 Å². The Labute approximate surface area is 244 Å². The second-order valence-corrected chi connectivity index (χ2v) is 11.3. The van der Waals surface area contributed by atoms with Gasteiger partial charge in [-0.05, 0) is 72.9 Å². The second kappa shape index (κ2) is 10.5. The third kappa shape index (κ3) is 5.05. The van der Waals surface area contributed by atoms with Crippen LogP contribution in [0.3, 0.4) is 0 Å². The molecule has 4 heterocycles. The van der Waals surface area contributed by atoms with Crippen molar-refractivity contribution in [3.63, 3.8) is 0 Å². The van der Waals surface area contributed by atoms with E-state index in [4.69, 9.17) is 4.74 Å². The summed E-state index contributed by atoms with van der Waals surface area (Å²) < 4.78 is 61.2. The summed E-state index contributed by atoms with van der Waals surface area (Å²) >= 11 is 0. The van der Waals surface area contributed by atoms with E-state index in [1.165, 1.54) is 28.8 Å². The molecule has 0 saturated carbocycles. The first kappa shape index (κ1) is 28.8. The van der Waals surface area contributed by atoms with Gasteiger partial charge in [-0.15, -0.1) is 10.2 Å². The fourth-order valence-corrected chi connectivity index (χ4v) is 6.36. The highest BCUT2D eigenvalue weighted by Gasteiger charge is 2.49. The molecule has 43 heavy (non-hydrogen) atoms. The quantitative estimate of drug-likeness (QED) is 0.313. The molecule has 0 unspecified atom stereocenters. The maximum absolute atomic E-state index is 14.2. The Kier molecular flexibility index (Phi) is 7.03. The van der Waals surface area contributed by atoms with Gasteiger partial charge in [-0.1, -0.05) is 12.1 Å². The van der Waals surface area contributed by atoms with Crippen LogP contribution in [0.25, 0.3) is 33.8 Å². The Morgan fingerprint density at radius 3 is 2.51 bits per heavy atom. The van der Waals surface area contributed by atoms with E-state index in [0.717, 1.165) is 11.1 Å². The third-order valence-electron chi connectivity index (χ3n) is 8.57. The molecule has 4 aromatic rings. The summed E-state index contributed by atoms with van der Waals surface area (Å²) in [7, 11) is 3.20. The van der Waals surface area contributed by atoms with Gasteiger partial charge in [0, 0.05) is 24.2 Å². The van der Waals surface area contributed by atoms with Crippen LogP contribution in [0.4, 0.5) is 17.6 Å². The van der Waals surface area contributed by atoms with Crippen LogP contribution in [0, 0.1) is 5.82 Å². The zero-order valence-corrected chi connectivity index (χ0v) is 23.8. The molecule has 0 spiro atoms. The largest absolute Gasteiger partial charge is 0.496 e. The van der Waals surface area contributed by atoms with Gasteiger partial charge in [0.2, 0.25) is 5.82 Å². The first-order chi connectivity index (χ1) is 20.4. The van der Waals surface area contributed by atoms with E-state index in [9.17, 15) is 27.5 Å². The van der Waals surface area contributed by atoms with E-state index < -0.39 is 36.0 Å². The summed E-state index contributed by atoms with van der Waals surface area (Å²) in [6.07, 6.45) is -6.52. The number of carbonyl (C=O) groups is 1. The van der Waals surface area contributed by atoms with Crippen molar-refractivity contribution in [2.75, 3.05) is 13.7 Å². The minimum atomic E-state index is -4.58. The van der Waals surface area contributed by atoms with E-state index in [2.05, 4.69) is 15.4 Å². The molecule has 0 radical (unpaired) electrons. The number of halogens is 4. The predicted molar refractivity (Wildman–Crippen MR) is 149 cm³/mol. The summed E-state index contributed by atoms with van der Waals surface area (Å²) in [4.78, 5) is 16.9. The van der Waals surface area contributed by atoms with Crippen LogP contribution >= 0.6 is 0 Å². The highest BCUT2D eigenvalue weighted by Crippen LogP contribution is 2.45. The number of aromatic nitrogens is 5. The molecule has 13 heteroatoms. The van der Waals surface area contributed by atoms with Gasteiger partial charge in [0.25, 0.3) is 5.91 Å². The first-order valence-electron chi connectivity index (χ1n) is 13.9. The lowest BCUT2D eigenvalue weighted by Gasteiger charge is -2.39. The van der Waals surface area contributed by atoms with Crippen molar-refractivity contribution in [1.82, 2.24) is 29.7 Å². The summed E-state index contributed by atoms with van der Waals surface area (Å²) in [5.74, 6) is 0.0131. The number of amides is 1. The molecule has 226 valence electrons. The maximum atomic E-state index is 14.2. The Morgan fingerprint density at radius 2 is 1.86 bits per heavy atom. The standard InChI is InChI=1S/C30H30F4N6O3/c1-29(25(41)16-30(32,33)34)10-4-11-40(29)28(42)23-15-21(17-5-7-19(31)8-6-17)26-20-14-22(27-35-37-38(2)36-27)24(43-3)13-18(20)9-12-39(23)26/h5-8,13-15,25,41H,4,9-12,16H2,1-3H3/t25-,29-/m0/s1. The van der Waals surface area contributed by atoms with Crippen molar-refractivity contribution in [2.24, 2.45) is 7.05 Å². The minimum Gasteiger partial charge on any atom is -0.496 e. The van der Waals surface area contributed by atoms with E-state index in [1.807, 2.05) is 16.7 Å². The average Bonchev–Trinajstić information content (AvgIpc) is 3.68. The highest BCUT2D eigenvalue weighted by molar-refractivity contribution is 5.99. The van der Waals surface area contributed by atoms with Gasteiger partial charge in [-0.2, -0.15) is 18.0 Å². The average molecular weight is 599 g/mol.